The fourth-order valence-corrected chi connectivity index (χ4v) is 2.80. The van der Waals surface area contributed by atoms with Crippen LogP contribution < -0.4 is 5.73 Å². The molecule has 0 saturated carbocycles. The molecule has 1 amide bonds. The zero-order valence-electron chi connectivity index (χ0n) is 15.0. The van der Waals surface area contributed by atoms with Crippen LogP contribution in [-0.2, 0) is 17.7 Å². The van der Waals surface area contributed by atoms with Gasteiger partial charge in [-0.15, -0.1) is 0 Å². The van der Waals surface area contributed by atoms with Gasteiger partial charge in [0.2, 0.25) is 0 Å². The van der Waals surface area contributed by atoms with Gasteiger partial charge in [-0.05, 0) is 45.4 Å². The van der Waals surface area contributed by atoms with Crippen molar-refractivity contribution in [2.45, 2.75) is 39.3 Å². The van der Waals surface area contributed by atoms with Crippen molar-refractivity contribution in [1.82, 2.24) is 14.7 Å². The molecule has 0 bridgehead atoms. The van der Waals surface area contributed by atoms with Gasteiger partial charge in [0.25, 0.3) is 5.91 Å². The largest absolute Gasteiger partial charge is 0.444 e. The number of ether oxygens (including phenoxy) is 1. The molecule has 0 radical (unpaired) electrons. The number of hydrogen-bond donors (Lipinski definition) is 1. The van der Waals surface area contributed by atoms with Crippen LogP contribution in [0.15, 0.2) is 24.3 Å². The van der Waals surface area contributed by atoms with Gasteiger partial charge in [0.1, 0.15) is 17.2 Å². The minimum Gasteiger partial charge on any atom is -0.444 e. The van der Waals surface area contributed by atoms with E-state index < -0.39 is 23.4 Å². The monoisotopic (exact) mass is 360 g/mol. The minimum atomic E-state index is -0.594. The summed E-state index contributed by atoms with van der Waals surface area (Å²) in [6.07, 6.45) is 0.0318. The van der Waals surface area contributed by atoms with E-state index >= 15 is 0 Å². The van der Waals surface area contributed by atoms with Crippen molar-refractivity contribution in [2.24, 2.45) is 0 Å². The molecule has 1 aromatic carbocycles. The molecule has 1 aliphatic rings. The Hall–Kier alpha value is -2.90. The topological polar surface area (TPSA) is 90.5 Å². The molecule has 0 atom stereocenters. The molecule has 1 aromatic heterocycles. The second kappa shape index (κ2) is 6.44. The second-order valence-electron chi connectivity index (χ2n) is 7.19. The molecule has 2 heterocycles. The van der Waals surface area contributed by atoms with E-state index in [1.54, 1.807) is 20.8 Å². The summed E-state index contributed by atoms with van der Waals surface area (Å²) in [5.41, 5.74) is 6.91. The van der Waals surface area contributed by atoms with Crippen molar-refractivity contribution < 1.29 is 18.7 Å². The van der Waals surface area contributed by atoms with E-state index in [1.807, 2.05) is 0 Å². The first kappa shape index (κ1) is 17.9. The highest BCUT2D eigenvalue weighted by Gasteiger charge is 2.30. The first-order valence-corrected chi connectivity index (χ1v) is 8.30. The fraction of sp³-hybridized carbons (Fsp3) is 0.389. The number of carbonyl (C=O) groups is 2. The molecule has 1 aliphatic heterocycles. The van der Waals surface area contributed by atoms with Crippen LogP contribution in [0.2, 0.25) is 0 Å². The Bertz CT molecular complexity index is 870. The number of nitrogen functional groups attached to an aromatic ring is 1. The molecular weight excluding hydrogens is 339 g/mol. The van der Waals surface area contributed by atoms with Crippen LogP contribution in [0.3, 0.4) is 0 Å². The Labute approximate surface area is 150 Å². The molecule has 26 heavy (non-hydrogen) atoms. The lowest BCUT2D eigenvalue weighted by Crippen LogP contribution is -2.39. The minimum absolute atomic E-state index is 0.153. The maximum Gasteiger partial charge on any atom is 0.410 e. The van der Waals surface area contributed by atoms with Crippen molar-refractivity contribution in [2.75, 3.05) is 12.3 Å². The Morgan fingerprint density at radius 1 is 1.31 bits per heavy atom. The lowest BCUT2D eigenvalue weighted by atomic mass is 10.1. The molecule has 3 rings (SSSR count). The van der Waals surface area contributed by atoms with Gasteiger partial charge in [-0.25, -0.2) is 9.18 Å². The third-order valence-corrected chi connectivity index (χ3v) is 3.99. The summed E-state index contributed by atoms with van der Waals surface area (Å²) in [6, 6.07) is 5.34. The molecule has 0 unspecified atom stereocenters. The van der Waals surface area contributed by atoms with Crippen LogP contribution in [0, 0.1) is 5.82 Å². The zero-order chi connectivity index (χ0) is 19.1. The third kappa shape index (κ3) is 3.54. The van der Waals surface area contributed by atoms with Gasteiger partial charge < -0.3 is 15.4 Å². The van der Waals surface area contributed by atoms with Crippen molar-refractivity contribution in [3.63, 3.8) is 0 Å². The third-order valence-electron chi connectivity index (χ3n) is 3.99. The standard InChI is InChI=1S/C18H21FN4O3/c1-18(2,3)26-17(25)22-8-7-13-14(10-22)21-23(15(13)20)16(24)11-5-4-6-12(19)9-11/h4-6,9H,7-8,10,20H2,1-3H3. The first-order valence-electron chi connectivity index (χ1n) is 8.30. The highest BCUT2D eigenvalue weighted by molar-refractivity contribution is 5.97. The number of halogens is 1. The van der Waals surface area contributed by atoms with E-state index in [4.69, 9.17) is 10.5 Å². The molecule has 0 saturated heterocycles. The number of fused-ring (bicyclic) bond motifs is 1. The fourth-order valence-electron chi connectivity index (χ4n) is 2.80. The molecule has 7 nitrogen and oxygen atoms in total. The van der Waals surface area contributed by atoms with E-state index in [0.29, 0.717) is 18.7 Å². The van der Waals surface area contributed by atoms with Crippen LogP contribution in [-0.4, -0.2) is 38.8 Å². The van der Waals surface area contributed by atoms with E-state index in [-0.39, 0.29) is 17.9 Å². The SMILES string of the molecule is CC(C)(C)OC(=O)N1CCc2c(nn(C(=O)c3cccc(F)c3)c2N)C1. The summed E-state index contributed by atoms with van der Waals surface area (Å²) in [7, 11) is 0. The number of anilines is 1. The lowest BCUT2D eigenvalue weighted by molar-refractivity contribution is 0.0221. The molecule has 2 N–H and O–H groups in total. The van der Waals surface area contributed by atoms with Crippen LogP contribution in [0.1, 0.15) is 42.4 Å². The normalized spacial score (nSPS) is 14.1. The summed E-state index contributed by atoms with van der Waals surface area (Å²) >= 11 is 0. The van der Waals surface area contributed by atoms with Gasteiger partial charge in [0.15, 0.2) is 0 Å². The average Bonchev–Trinajstić information content (AvgIpc) is 2.89. The number of nitrogens with zero attached hydrogens (tertiary/aromatic N) is 3. The van der Waals surface area contributed by atoms with Gasteiger partial charge in [0.05, 0.1) is 12.2 Å². The number of amides is 1. The zero-order valence-corrected chi connectivity index (χ0v) is 15.0. The summed E-state index contributed by atoms with van der Waals surface area (Å²) < 4.78 is 19.8. The summed E-state index contributed by atoms with van der Waals surface area (Å²) in [6.45, 7) is 6.02. The number of aromatic nitrogens is 2. The van der Waals surface area contributed by atoms with Crippen LogP contribution in [0.4, 0.5) is 15.0 Å². The predicted octanol–water partition coefficient (Wildman–Crippen LogP) is 2.59. The molecule has 138 valence electrons. The maximum atomic E-state index is 13.4. The van der Waals surface area contributed by atoms with Crippen molar-refractivity contribution in [1.29, 1.82) is 0 Å². The lowest BCUT2D eigenvalue weighted by Gasteiger charge is -2.29. The molecule has 0 spiro atoms. The Morgan fingerprint density at radius 2 is 2.04 bits per heavy atom. The van der Waals surface area contributed by atoms with Gasteiger partial charge in [-0.2, -0.15) is 9.78 Å². The van der Waals surface area contributed by atoms with E-state index in [1.165, 1.54) is 23.1 Å². The van der Waals surface area contributed by atoms with Crippen molar-refractivity contribution >= 4 is 17.8 Å². The van der Waals surface area contributed by atoms with Gasteiger partial charge in [0, 0.05) is 17.7 Å². The molecule has 8 heteroatoms. The van der Waals surface area contributed by atoms with E-state index in [9.17, 15) is 14.0 Å². The first-order chi connectivity index (χ1) is 12.2. The smallest absolute Gasteiger partial charge is 0.410 e. The van der Waals surface area contributed by atoms with Crippen LogP contribution in [0.5, 0.6) is 0 Å². The second-order valence-corrected chi connectivity index (χ2v) is 7.19. The van der Waals surface area contributed by atoms with Crippen molar-refractivity contribution in [3.05, 3.63) is 46.9 Å². The molecule has 0 aliphatic carbocycles. The van der Waals surface area contributed by atoms with E-state index in [0.717, 1.165) is 16.3 Å². The highest BCUT2D eigenvalue weighted by atomic mass is 19.1. The summed E-state index contributed by atoms with van der Waals surface area (Å²) in [4.78, 5) is 26.4. The van der Waals surface area contributed by atoms with Crippen LogP contribution >= 0.6 is 0 Å². The summed E-state index contributed by atoms with van der Waals surface area (Å²) in [5, 5.41) is 4.26. The van der Waals surface area contributed by atoms with E-state index in [2.05, 4.69) is 5.10 Å². The number of carbonyl (C=O) groups excluding carboxylic acids is 2. The predicted molar refractivity (Wildman–Crippen MR) is 93.1 cm³/mol. The Balaban J connectivity index is 1.84. The molecule has 2 aromatic rings. The van der Waals surface area contributed by atoms with Gasteiger partial charge >= 0.3 is 6.09 Å². The van der Waals surface area contributed by atoms with Crippen LogP contribution in [0.25, 0.3) is 0 Å². The molecule has 0 fully saturated rings. The maximum absolute atomic E-state index is 13.4. The number of nitrogens with two attached hydrogens (primary N) is 1. The van der Waals surface area contributed by atoms with Gasteiger partial charge in [-0.1, -0.05) is 6.07 Å². The van der Waals surface area contributed by atoms with Gasteiger partial charge in [-0.3, -0.25) is 4.79 Å². The number of hydrogen-bond acceptors (Lipinski definition) is 5. The average molecular weight is 360 g/mol. The Kier molecular flexibility index (Phi) is 4.43. The quantitative estimate of drug-likeness (QED) is 0.844. The molecular formula is C18H21FN4O3. The van der Waals surface area contributed by atoms with Crippen molar-refractivity contribution in [3.8, 4) is 0 Å². The number of benzene rings is 1. The summed E-state index contributed by atoms with van der Waals surface area (Å²) in [5.74, 6) is -0.805. The Morgan fingerprint density at radius 3 is 2.69 bits per heavy atom. The highest BCUT2D eigenvalue weighted by Crippen LogP contribution is 2.26. The number of rotatable bonds is 1.